The van der Waals surface area contributed by atoms with Gasteiger partial charge < -0.3 is 20.1 Å². The lowest BCUT2D eigenvalue weighted by atomic mass is 10.0. The zero-order chi connectivity index (χ0) is 15.5. The monoisotopic (exact) mass is 292 g/mol. The highest BCUT2D eigenvalue weighted by Gasteiger charge is 2.35. The van der Waals surface area contributed by atoms with Crippen LogP contribution in [0.4, 0.5) is 5.69 Å². The van der Waals surface area contributed by atoms with Crippen LogP contribution in [-0.2, 0) is 4.74 Å². The summed E-state index contributed by atoms with van der Waals surface area (Å²) in [5, 5.41) is 12.5. The maximum absolute atomic E-state index is 12.6. The lowest BCUT2D eigenvalue weighted by Gasteiger charge is -2.42. The van der Waals surface area contributed by atoms with Crippen LogP contribution in [0.15, 0.2) is 24.3 Å². The highest BCUT2D eigenvalue weighted by molar-refractivity contribution is 5.94. The van der Waals surface area contributed by atoms with Crippen LogP contribution >= 0.6 is 0 Å². The van der Waals surface area contributed by atoms with Crippen molar-refractivity contribution in [1.29, 1.82) is 0 Å². The molecule has 0 aliphatic carbocycles. The van der Waals surface area contributed by atoms with Gasteiger partial charge in [-0.25, -0.2) is 0 Å². The Kier molecular flexibility index (Phi) is 4.85. The molecule has 116 valence electrons. The Labute approximate surface area is 125 Å². The first-order valence-corrected chi connectivity index (χ1v) is 7.37. The molecule has 1 aromatic rings. The molecule has 0 radical (unpaired) electrons. The van der Waals surface area contributed by atoms with Crippen molar-refractivity contribution in [1.82, 2.24) is 4.90 Å². The Morgan fingerprint density at radius 1 is 1.43 bits per heavy atom. The van der Waals surface area contributed by atoms with Crippen molar-refractivity contribution >= 4 is 11.6 Å². The van der Waals surface area contributed by atoms with E-state index in [1.165, 1.54) is 0 Å². The zero-order valence-electron chi connectivity index (χ0n) is 12.9. The van der Waals surface area contributed by atoms with E-state index in [1.807, 2.05) is 45.0 Å². The zero-order valence-corrected chi connectivity index (χ0v) is 12.9. The number of nitrogens with one attached hydrogen (secondary N) is 1. The number of morpholine rings is 1. The van der Waals surface area contributed by atoms with Crippen LogP contribution in [0.25, 0.3) is 0 Å². The van der Waals surface area contributed by atoms with Crippen molar-refractivity contribution in [3.8, 4) is 0 Å². The maximum Gasteiger partial charge on any atom is 0.254 e. The minimum Gasteiger partial charge on any atom is -0.394 e. The van der Waals surface area contributed by atoms with Gasteiger partial charge in [0, 0.05) is 30.9 Å². The fourth-order valence-corrected chi connectivity index (χ4v) is 2.66. The topological polar surface area (TPSA) is 61.8 Å². The Bertz CT molecular complexity index is 485. The molecule has 0 spiro atoms. The molecule has 1 saturated heterocycles. The van der Waals surface area contributed by atoms with E-state index >= 15 is 0 Å². The molecule has 0 aromatic heterocycles. The van der Waals surface area contributed by atoms with Crippen LogP contribution in [0, 0.1) is 0 Å². The fraction of sp³-hybridized carbons (Fsp3) is 0.562. The first kappa shape index (κ1) is 15.8. The minimum absolute atomic E-state index is 0.0205. The minimum atomic E-state index is -0.439. The van der Waals surface area contributed by atoms with Crippen LogP contribution in [-0.4, -0.2) is 53.9 Å². The molecule has 1 fully saturated rings. The van der Waals surface area contributed by atoms with E-state index in [1.54, 1.807) is 4.90 Å². The van der Waals surface area contributed by atoms with Gasteiger partial charge in [-0.2, -0.15) is 0 Å². The molecule has 1 atom stereocenters. The predicted molar refractivity (Wildman–Crippen MR) is 82.5 cm³/mol. The number of rotatable bonds is 4. The summed E-state index contributed by atoms with van der Waals surface area (Å²) in [5.74, 6) is -0.0205. The quantitative estimate of drug-likeness (QED) is 0.887. The van der Waals surface area contributed by atoms with Crippen molar-refractivity contribution in [2.24, 2.45) is 0 Å². The molecule has 1 amide bonds. The number of ether oxygens (including phenoxy) is 1. The summed E-state index contributed by atoms with van der Waals surface area (Å²) < 4.78 is 5.74. The summed E-state index contributed by atoms with van der Waals surface area (Å²) in [6.45, 7) is 7.62. The third kappa shape index (κ3) is 3.95. The Morgan fingerprint density at radius 2 is 2.10 bits per heavy atom. The number of nitrogens with zero attached hydrogens (tertiary/aromatic N) is 1. The van der Waals surface area contributed by atoms with Gasteiger partial charge in [-0.15, -0.1) is 0 Å². The molecule has 21 heavy (non-hydrogen) atoms. The van der Waals surface area contributed by atoms with Crippen molar-refractivity contribution in [2.75, 3.05) is 31.6 Å². The van der Waals surface area contributed by atoms with Gasteiger partial charge in [-0.1, -0.05) is 0 Å². The summed E-state index contributed by atoms with van der Waals surface area (Å²) in [6, 6.07) is 7.48. The highest BCUT2D eigenvalue weighted by atomic mass is 16.5. The van der Waals surface area contributed by atoms with E-state index in [4.69, 9.17) is 4.74 Å². The third-order valence-corrected chi connectivity index (χ3v) is 3.48. The van der Waals surface area contributed by atoms with Gasteiger partial charge in [0.2, 0.25) is 0 Å². The molecular weight excluding hydrogens is 268 g/mol. The molecule has 5 nitrogen and oxygen atoms in total. The van der Waals surface area contributed by atoms with Gasteiger partial charge in [-0.05, 0) is 45.0 Å². The molecule has 0 saturated carbocycles. The number of carbonyl (C=O) groups excluding carboxylic acids is 1. The standard InChI is InChI=1S/C16H24N2O3/c1-4-17-13-7-5-12(6-8-13)15(20)18-9-14(10-19)21-16(2,3)11-18/h5-8,14,17,19H,4,9-11H2,1-3H3. The number of anilines is 1. The summed E-state index contributed by atoms with van der Waals surface area (Å²) in [5.41, 5.74) is 1.22. The van der Waals surface area contributed by atoms with Gasteiger partial charge >= 0.3 is 0 Å². The van der Waals surface area contributed by atoms with Crippen molar-refractivity contribution < 1.29 is 14.6 Å². The van der Waals surface area contributed by atoms with E-state index in [2.05, 4.69) is 5.32 Å². The molecule has 1 aliphatic rings. The average Bonchev–Trinajstić information content (AvgIpc) is 2.46. The van der Waals surface area contributed by atoms with Crippen molar-refractivity contribution in [3.05, 3.63) is 29.8 Å². The van der Waals surface area contributed by atoms with Crippen LogP contribution in [0.5, 0.6) is 0 Å². The normalized spacial score (nSPS) is 21.1. The molecule has 1 aromatic carbocycles. The van der Waals surface area contributed by atoms with Gasteiger partial charge in [0.25, 0.3) is 5.91 Å². The molecule has 1 unspecified atom stereocenters. The summed E-state index contributed by atoms with van der Waals surface area (Å²) in [4.78, 5) is 14.3. The van der Waals surface area contributed by atoms with Crippen LogP contribution in [0.1, 0.15) is 31.1 Å². The lowest BCUT2D eigenvalue weighted by Crippen LogP contribution is -2.55. The first-order chi connectivity index (χ1) is 9.95. The number of hydrogen-bond acceptors (Lipinski definition) is 4. The third-order valence-electron chi connectivity index (χ3n) is 3.48. The first-order valence-electron chi connectivity index (χ1n) is 7.37. The van der Waals surface area contributed by atoms with Gasteiger partial charge in [0.1, 0.15) is 0 Å². The number of hydrogen-bond donors (Lipinski definition) is 2. The molecule has 1 heterocycles. The van der Waals surface area contributed by atoms with E-state index < -0.39 is 5.60 Å². The molecule has 0 bridgehead atoms. The summed E-state index contributed by atoms with van der Waals surface area (Å²) in [7, 11) is 0. The van der Waals surface area contributed by atoms with Gasteiger partial charge in [0.15, 0.2) is 0 Å². The number of aliphatic hydroxyl groups is 1. The van der Waals surface area contributed by atoms with Crippen molar-refractivity contribution in [3.63, 3.8) is 0 Å². The molecular formula is C16H24N2O3. The summed E-state index contributed by atoms with van der Waals surface area (Å²) in [6.07, 6.45) is -0.321. The Hall–Kier alpha value is -1.59. The molecule has 2 rings (SSSR count). The SMILES string of the molecule is CCNc1ccc(C(=O)N2CC(CO)OC(C)(C)C2)cc1. The van der Waals surface area contributed by atoms with Crippen LogP contribution in [0.3, 0.4) is 0 Å². The average molecular weight is 292 g/mol. The summed E-state index contributed by atoms with van der Waals surface area (Å²) >= 11 is 0. The molecule has 1 aliphatic heterocycles. The van der Waals surface area contributed by atoms with Crippen molar-refractivity contribution in [2.45, 2.75) is 32.5 Å². The molecule has 5 heteroatoms. The number of aliphatic hydroxyl groups excluding tert-OH is 1. The Morgan fingerprint density at radius 3 is 2.67 bits per heavy atom. The van der Waals surface area contributed by atoms with Crippen LogP contribution < -0.4 is 5.32 Å². The number of amides is 1. The smallest absolute Gasteiger partial charge is 0.254 e. The van der Waals surface area contributed by atoms with Gasteiger partial charge in [0.05, 0.1) is 18.3 Å². The highest BCUT2D eigenvalue weighted by Crippen LogP contribution is 2.22. The Balaban J connectivity index is 2.11. The number of benzene rings is 1. The van der Waals surface area contributed by atoms with E-state index in [-0.39, 0.29) is 18.6 Å². The molecule has 2 N–H and O–H groups in total. The number of carbonyl (C=O) groups is 1. The van der Waals surface area contributed by atoms with E-state index in [0.717, 1.165) is 12.2 Å². The van der Waals surface area contributed by atoms with E-state index in [0.29, 0.717) is 18.7 Å². The second kappa shape index (κ2) is 6.45. The predicted octanol–water partition coefficient (Wildman–Crippen LogP) is 1.73. The second-order valence-corrected chi connectivity index (χ2v) is 5.98. The van der Waals surface area contributed by atoms with Gasteiger partial charge in [-0.3, -0.25) is 4.79 Å². The second-order valence-electron chi connectivity index (χ2n) is 5.98. The largest absolute Gasteiger partial charge is 0.394 e. The fourth-order valence-electron chi connectivity index (χ4n) is 2.66. The van der Waals surface area contributed by atoms with E-state index in [9.17, 15) is 9.90 Å². The lowest BCUT2D eigenvalue weighted by molar-refractivity contribution is -0.139. The van der Waals surface area contributed by atoms with Crippen LogP contribution in [0.2, 0.25) is 0 Å². The maximum atomic E-state index is 12.6.